The van der Waals surface area contributed by atoms with Crippen LogP contribution in [-0.4, -0.2) is 19.9 Å². The number of aryl methyl sites for hydroxylation is 1. The lowest BCUT2D eigenvalue weighted by atomic mass is 9.98. The largest absolute Gasteiger partial charge is 0.388 e. The predicted molar refractivity (Wildman–Crippen MR) is 78.3 cm³/mol. The van der Waals surface area contributed by atoms with Gasteiger partial charge in [0.25, 0.3) is 0 Å². The molecule has 4 nitrogen and oxygen atoms in total. The molecule has 1 N–H and O–H groups in total. The van der Waals surface area contributed by atoms with Crippen molar-refractivity contribution in [1.82, 2.24) is 14.8 Å². The third kappa shape index (κ3) is 2.30. The molecule has 0 aliphatic carbocycles. The van der Waals surface area contributed by atoms with Gasteiger partial charge in [0.1, 0.15) is 12.2 Å². The number of hydrogen-bond donors (Lipinski definition) is 1. The number of benzene rings is 2. The van der Waals surface area contributed by atoms with E-state index in [1.807, 2.05) is 41.9 Å². The molecule has 0 spiro atoms. The van der Waals surface area contributed by atoms with Crippen molar-refractivity contribution >= 4 is 10.8 Å². The second-order valence-electron chi connectivity index (χ2n) is 4.78. The van der Waals surface area contributed by atoms with Crippen LogP contribution in [-0.2, 0) is 13.0 Å². The van der Waals surface area contributed by atoms with Gasteiger partial charge >= 0.3 is 0 Å². The van der Waals surface area contributed by atoms with Crippen molar-refractivity contribution in [1.29, 1.82) is 0 Å². The van der Waals surface area contributed by atoms with Gasteiger partial charge in [0, 0.05) is 13.0 Å². The van der Waals surface area contributed by atoms with Crippen LogP contribution in [0.3, 0.4) is 0 Å². The number of aliphatic hydroxyl groups excluding tert-OH is 1. The zero-order chi connectivity index (χ0) is 13.9. The average molecular weight is 267 g/mol. The first-order valence-corrected chi connectivity index (χ1v) is 6.82. The van der Waals surface area contributed by atoms with Crippen molar-refractivity contribution in [2.45, 2.75) is 26.0 Å². The summed E-state index contributed by atoms with van der Waals surface area (Å²) in [6, 6.07) is 14.1. The Labute approximate surface area is 117 Å². The van der Waals surface area contributed by atoms with Gasteiger partial charge in [-0.1, -0.05) is 42.5 Å². The second-order valence-corrected chi connectivity index (χ2v) is 4.78. The summed E-state index contributed by atoms with van der Waals surface area (Å²) in [6.45, 7) is 2.78. The van der Waals surface area contributed by atoms with E-state index >= 15 is 0 Å². The van der Waals surface area contributed by atoms with E-state index in [4.69, 9.17) is 0 Å². The van der Waals surface area contributed by atoms with Gasteiger partial charge in [0.05, 0.1) is 6.10 Å². The van der Waals surface area contributed by atoms with Crippen LogP contribution in [0.2, 0.25) is 0 Å². The first-order chi connectivity index (χ1) is 9.79. The molecule has 102 valence electrons. The molecule has 2 aromatic carbocycles. The first kappa shape index (κ1) is 12.8. The third-order valence-corrected chi connectivity index (χ3v) is 3.55. The zero-order valence-corrected chi connectivity index (χ0v) is 11.4. The summed E-state index contributed by atoms with van der Waals surface area (Å²) >= 11 is 0. The fraction of sp³-hybridized carbons (Fsp3) is 0.250. The molecule has 0 fully saturated rings. The van der Waals surface area contributed by atoms with Crippen LogP contribution in [0.5, 0.6) is 0 Å². The Hall–Kier alpha value is -2.20. The highest BCUT2D eigenvalue weighted by molar-refractivity contribution is 5.85. The molecule has 3 aromatic rings. The smallest absolute Gasteiger partial charge is 0.138 e. The Balaban J connectivity index is 1.95. The van der Waals surface area contributed by atoms with Crippen molar-refractivity contribution in [2.75, 3.05) is 0 Å². The summed E-state index contributed by atoms with van der Waals surface area (Å²) in [5.74, 6) is 0.813. The summed E-state index contributed by atoms with van der Waals surface area (Å²) in [7, 11) is 0. The molecule has 20 heavy (non-hydrogen) atoms. The summed E-state index contributed by atoms with van der Waals surface area (Å²) in [5.41, 5.74) is 0.939. The molecule has 0 radical (unpaired) electrons. The average Bonchev–Trinajstić information content (AvgIpc) is 2.93. The maximum Gasteiger partial charge on any atom is 0.138 e. The van der Waals surface area contributed by atoms with Gasteiger partial charge in [-0.25, -0.2) is 4.98 Å². The lowest BCUT2D eigenvalue weighted by molar-refractivity contribution is 0.175. The van der Waals surface area contributed by atoms with E-state index in [1.54, 1.807) is 0 Å². The van der Waals surface area contributed by atoms with Crippen molar-refractivity contribution in [2.24, 2.45) is 0 Å². The summed E-state index contributed by atoms with van der Waals surface area (Å²) in [4.78, 5) is 4.22. The van der Waals surface area contributed by atoms with E-state index in [9.17, 15) is 5.11 Å². The molecule has 0 aliphatic heterocycles. The number of rotatable bonds is 4. The predicted octanol–water partition coefficient (Wildman–Crippen LogP) is 2.73. The molecule has 3 rings (SSSR count). The van der Waals surface area contributed by atoms with Crippen LogP contribution in [0, 0.1) is 0 Å². The number of aromatic nitrogens is 3. The van der Waals surface area contributed by atoms with Gasteiger partial charge < -0.3 is 5.11 Å². The van der Waals surface area contributed by atoms with Crippen LogP contribution in [0.4, 0.5) is 0 Å². The molecule has 1 atom stereocenters. The topological polar surface area (TPSA) is 50.9 Å². The van der Waals surface area contributed by atoms with E-state index in [0.717, 1.165) is 28.7 Å². The molecule has 0 saturated heterocycles. The molecule has 0 saturated carbocycles. The Morgan fingerprint density at radius 3 is 2.80 bits per heavy atom. The minimum absolute atomic E-state index is 0.474. The van der Waals surface area contributed by atoms with Crippen LogP contribution in [0.25, 0.3) is 10.8 Å². The van der Waals surface area contributed by atoms with E-state index < -0.39 is 6.10 Å². The van der Waals surface area contributed by atoms with Crippen LogP contribution in [0.15, 0.2) is 48.8 Å². The molecule has 0 aliphatic rings. The highest BCUT2D eigenvalue weighted by Crippen LogP contribution is 2.26. The van der Waals surface area contributed by atoms with E-state index in [1.165, 1.54) is 6.33 Å². The minimum Gasteiger partial charge on any atom is -0.388 e. The quantitative estimate of drug-likeness (QED) is 0.790. The van der Waals surface area contributed by atoms with Crippen LogP contribution < -0.4 is 0 Å². The Kier molecular flexibility index (Phi) is 3.48. The highest BCUT2D eigenvalue weighted by atomic mass is 16.3. The monoisotopic (exact) mass is 267 g/mol. The Bertz CT molecular complexity index is 715. The Morgan fingerprint density at radius 2 is 1.95 bits per heavy atom. The van der Waals surface area contributed by atoms with Crippen molar-refractivity contribution in [3.8, 4) is 0 Å². The van der Waals surface area contributed by atoms with Gasteiger partial charge in [0.15, 0.2) is 0 Å². The maximum absolute atomic E-state index is 10.5. The molecular weight excluding hydrogens is 250 g/mol. The number of aliphatic hydroxyl groups is 1. The summed E-state index contributed by atoms with van der Waals surface area (Å²) < 4.78 is 1.81. The molecule has 1 unspecified atom stereocenters. The van der Waals surface area contributed by atoms with Crippen molar-refractivity contribution in [3.63, 3.8) is 0 Å². The highest BCUT2D eigenvalue weighted by Gasteiger charge is 2.14. The normalized spacial score (nSPS) is 12.7. The SMILES string of the molecule is CCn1ncnc1CC(O)c1cccc2ccccc12. The van der Waals surface area contributed by atoms with E-state index in [2.05, 4.69) is 22.2 Å². The molecule has 1 aromatic heterocycles. The number of hydrogen-bond acceptors (Lipinski definition) is 3. The van der Waals surface area contributed by atoms with Crippen LogP contribution in [0.1, 0.15) is 24.4 Å². The fourth-order valence-corrected chi connectivity index (χ4v) is 2.53. The van der Waals surface area contributed by atoms with Crippen molar-refractivity contribution in [3.05, 3.63) is 60.2 Å². The number of nitrogens with zero attached hydrogens (tertiary/aromatic N) is 3. The van der Waals surface area contributed by atoms with Crippen LogP contribution >= 0.6 is 0 Å². The van der Waals surface area contributed by atoms with E-state index in [0.29, 0.717) is 6.42 Å². The lowest BCUT2D eigenvalue weighted by Gasteiger charge is -2.13. The van der Waals surface area contributed by atoms with Gasteiger partial charge in [-0.2, -0.15) is 5.10 Å². The standard InChI is InChI=1S/C16H17N3O/c1-2-19-16(17-11-18-19)10-15(20)14-9-5-7-12-6-3-4-8-13(12)14/h3-9,11,15,20H,2,10H2,1H3. The summed E-state index contributed by atoms with van der Waals surface area (Å²) in [5, 5.41) is 16.9. The molecule has 1 heterocycles. The lowest BCUT2D eigenvalue weighted by Crippen LogP contribution is -2.09. The van der Waals surface area contributed by atoms with E-state index in [-0.39, 0.29) is 0 Å². The molecule has 0 amide bonds. The molecule has 0 bridgehead atoms. The van der Waals surface area contributed by atoms with Gasteiger partial charge in [-0.15, -0.1) is 0 Å². The Morgan fingerprint density at radius 1 is 1.15 bits per heavy atom. The van der Waals surface area contributed by atoms with Gasteiger partial charge in [0.2, 0.25) is 0 Å². The zero-order valence-electron chi connectivity index (χ0n) is 11.4. The third-order valence-electron chi connectivity index (χ3n) is 3.55. The minimum atomic E-state index is -0.574. The van der Waals surface area contributed by atoms with Gasteiger partial charge in [-0.05, 0) is 23.3 Å². The second kappa shape index (κ2) is 5.43. The molecule has 4 heteroatoms. The van der Waals surface area contributed by atoms with Gasteiger partial charge in [-0.3, -0.25) is 4.68 Å². The fourth-order valence-electron chi connectivity index (χ4n) is 2.53. The number of fused-ring (bicyclic) bond motifs is 1. The summed E-state index contributed by atoms with van der Waals surface area (Å²) in [6.07, 6.45) is 1.44. The molecular formula is C16H17N3O. The first-order valence-electron chi connectivity index (χ1n) is 6.82. The van der Waals surface area contributed by atoms with Crippen molar-refractivity contribution < 1.29 is 5.11 Å². The maximum atomic E-state index is 10.5.